The number of primary amides is 1. The highest BCUT2D eigenvalue weighted by molar-refractivity contribution is 6.09. The second-order valence-electron chi connectivity index (χ2n) is 6.14. The van der Waals surface area contributed by atoms with E-state index in [1.165, 1.54) is 6.07 Å². The van der Waals surface area contributed by atoms with Gasteiger partial charge in [0.05, 0.1) is 11.1 Å². The fourth-order valence-electron chi connectivity index (χ4n) is 3.39. The zero-order valence-corrected chi connectivity index (χ0v) is 13.3. The Balaban J connectivity index is 2.29. The van der Waals surface area contributed by atoms with Crippen LogP contribution in [-0.4, -0.2) is 24.9 Å². The first kappa shape index (κ1) is 15.8. The molecular formula is C17H19BFN3O. The zero-order chi connectivity index (χ0) is 16.7. The van der Waals surface area contributed by atoms with Crippen molar-refractivity contribution in [2.24, 2.45) is 5.73 Å². The summed E-state index contributed by atoms with van der Waals surface area (Å²) in [5, 5.41) is 3.51. The molecule has 0 spiro atoms. The van der Waals surface area contributed by atoms with Crippen molar-refractivity contribution in [2.45, 2.75) is 39.2 Å². The van der Waals surface area contributed by atoms with Crippen molar-refractivity contribution in [1.82, 2.24) is 10.2 Å². The molecule has 1 aromatic carbocycles. The molecule has 0 aliphatic heterocycles. The van der Waals surface area contributed by atoms with Crippen LogP contribution < -0.4 is 11.0 Å². The molecule has 1 atom stereocenters. The molecule has 6 heteroatoms. The summed E-state index contributed by atoms with van der Waals surface area (Å²) in [6, 6.07) is 1.36. The summed E-state index contributed by atoms with van der Waals surface area (Å²) in [4.78, 5) is 14.8. The van der Waals surface area contributed by atoms with E-state index in [9.17, 15) is 9.18 Å². The number of H-pyrrole nitrogens is 1. The summed E-state index contributed by atoms with van der Waals surface area (Å²) < 4.78 is 14.8. The van der Waals surface area contributed by atoms with Crippen LogP contribution in [0, 0.1) is 19.7 Å². The number of benzene rings is 1. The Bertz CT molecular complexity index is 825. The van der Waals surface area contributed by atoms with Gasteiger partial charge in [0, 0.05) is 22.7 Å². The number of nitrogens with two attached hydrogens (primary N) is 1. The maximum absolute atomic E-state index is 14.8. The summed E-state index contributed by atoms with van der Waals surface area (Å²) in [5.41, 5.74) is 9.50. The van der Waals surface area contributed by atoms with Gasteiger partial charge in [-0.3, -0.25) is 4.79 Å². The van der Waals surface area contributed by atoms with E-state index in [-0.39, 0.29) is 11.6 Å². The van der Waals surface area contributed by atoms with Gasteiger partial charge in [-0.05, 0) is 50.3 Å². The van der Waals surface area contributed by atoms with Gasteiger partial charge in [-0.25, -0.2) is 4.39 Å². The molecule has 1 unspecified atom stereocenters. The lowest BCUT2D eigenvalue weighted by molar-refractivity contribution is 0.100. The molecule has 0 bridgehead atoms. The van der Waals surface area contributed by atoms with Gasteiger partial charge in [0.2, 0.25) is 0 Å². The van der Waals surface area contributed by atoms with E-state index >= 15 is 0 Å². The van der Waals surface area contributed by atoms with Crippen molar-refractivity contribution in [3.63, 3.8) is 0 Å². The van der Waals surface area contributed by atoms with Crippen LogP contribution in [0.5, 0.6) is 0 Å². The van der Waals surface area contributed by atoms with Crippen molar-refractivity contribution in [2.75, 3.05) is 0 Å². The number of carbonyl (C=O) groups excluding carboxylic acids is 1. The molecule has 4 N–H and O–H groups in total. The van der Waals surface area contributed by atoms with Gasteiger partial charge in [0.15, 0.2) is 7.98 Å². The number of hydrogen-bond acceptors (Lipinski definition) is 2. The Morgan fingerprint density at radius 1 is 1.48 bits per heavy atom. The number of aromatic amines is 1. The first-order valence-corrected chi connectivity index (χ1v) is 7.70. The van der Waals surface area contributed by atoms with Crippen LogP contribution in [0.4, 0.5) is 4.39 Å². The highest BCUT2D eigenvalue weighted by Crippen LogP contribution is 2.37. The number of fused-ring (bicyclic) bond motifs is 1. The number of rotatable bonds is 3. The summed E-state index contributed by atoms with van der Waals surface area (Å²) in [6.07, 6.45) is 4.47. The number of nitrogens with one attached hydrogen (secondary N) is 2. The van der Waals surface area contributed by atoms with Gasteiger partial charge >= 0.3 is 0 Å². The van der Waals surface area contributed by atoms with Crippen molar-refractivity contribution in [3.05, 3.63) is 40.3 Å². The first-order chi connectivity index (χ1) is 10.9. The fraction of sp³-hybridized carbons (Fsp3) is 0.353. The molecule has 23 heavy (non-hydrogen) atoms. The molecule has 118 valence electrons. The number of hydrogen-bond donors (Lipinski definition) is 3. The van der Waals surface area contributed by atoms with Crippen molar-refractivity contribution in [1.29, 1.82) is 0 Å². The van der Waals surface area contributed by atoms with E-state index in [0.717, 1.165) is 35.1 Å². The maximum atomic E-state index is 14.8. The average Bonchev–Trinajstić information content (AvgIpc) is 2.82. The normalized spacial score (nSPS) is 18.2. The quantitative estimate of drug-likeness (QED) is 0.763. The molecular weight excluding hydrogens is 292 g/mol. The molecule has 1 amide bonds. The van der Waals surface area contributed by atoms with E-state index in [0.29, 0.717) is 17.5 Å². The molecule has 3 rings (SSSR count). The number of aryl methyl sites for hydroxylation is 2. The van der Waals surface area contributed by atoms with Crippen LogP contribution in [0.15, 0.2) is 12.1 Å². The van der Waals surface area contributed by atoms with Gasteiger partial charge in [0.1, 0.15) is 5.82 Å². The topological polar surface area (TPSA) is 70.9 Å². The van der Waals surface area contributed by atoms with Gasteiger partial charge in [-0.15, -0.1) is 0 Å². The zero-order valence-electron chi connectivity index (χ0n) is 13.3. The predicted molar refractivity (Wildman–Crippen MR) is 90.8 cm³/mol. The Morgan fingerprint density at radius 2 is 2.22 bits per heavy atom. The molecule has 1 aliphatic carbocycles. The molecule has 0 saturated carbocycles. The fourth-order valence-corrected chi connectivity index (χ4v) is 3.39. The SMILES string of the molecule is [B]NC1CCC=C(c2c(F)cc(C(N)=O)c3[nH]c(C)c(C)c23)C1. The summed E-state index contributed by atoms with van der Waals surface area (Å²) >= 11 is 0. The molecule has 1 aliphatic rings. The number of halogens is 1. The third kappa shape index (κ3) is 2.57. The van der Waals surface area contributed by atoms with Gasteiger partial charge in [-0.1, -0.05) is 6.08 Å². The molecule has 1 aromatic heterocycles. The van der Waals surface area contributed by atoms with E-state index in [4.69, 9.17) is 13.7 Å². The first-order valence-electron chi connectivity index (χ1n) is 7.70. The Labute approximate surface area is 135 Å². The van der Waals surface area contributed by atoms with Crippen LogP contribution in [-0.2, 0) is 0 Å². The highest BCUT2D eigenvalue weighted by atomic mass is 19.1. The summed E-state index contributed by atoms with van der Waals surface area (Å²) in [6.45, 7) is 3.82. The van der Waals surface area contributed by atoms with E-state index in [1.54, 1.807) is 0 Å². The van der Waals surface area contributed by atoms with Gasteiger partial charge in [-0.2, -0.15) is 0 Å². The predicted octanol–water partition coefficient (Wildman–Crippen LogP) is 2.63. The minimum absolute atomic E-state index is 0.126. The number of amides is 1. The molecule has 4 nitrogen and oxygen atoms in total. The third-order valence-corrected chi connectivity index (χ3v) is 4.72. The van der Waals surface area contributed by atoms with E-state index in [2.05, 4.69) is 16.3 Å². The minimum Gasteiger partial charge on any atom is -0.366 e. The lowest BCUT2D eigenvalue weighted by Gasteiger charge is -2.24. The van der Waals surface area contributed by atoms with Crippen molar-refractivity contribution < 1.29 is 9.18 Å². The lowest BCUT2D eigenvalue weighted by Crippen LogP contribution is -2.28. The van der Waals surface area contributed by atoms with Crippen LogP contribution in [0.3, 0.4) is 0 Å². The van der Waals surface area contributed by atoms with Gasteiger partial charge < -0.3 is 15.9 Å². The second kappa shape index (κ2) is 5.85. The van der Waals surface area contributed by atoms with Crippen molar-refractivity contribution in [3.8, 4) is 0 Å². The maximum Gasteiger partial charge on any atom is 0.250 e. The van der Waals surface area contributed by atoms with Crippen LogP contribution in [0.1, 0.15) is 46.4 Å². The number of allylic oxidation sites excluding steroid dienone is 1. The largest absolute Gasteiger partial charge is 0.366 e. The average molecular weight is 311 g/mol. The molecule has 0 saturated heterocycles. The standard InChI is InChI=1S/C17H19BFN3O/c1-8-9(2)21-16-12(17(20)23)7-13(19)15(14(8)16)10-4-3-5-11(6-10)22-18/h4,7,11,21-22H,3,5-6H2,1-2H3,(H2,20,23). The third-order valence-electron chi connectivity index (χ3n) is 4.72. The molecule has 1 heterocycles. The summed E-state index contributed by atoms with van der Waals surface area (Å²) in [7, 11) is 5.55. The Kier molecular flexibility index (Phi) is 4.02. The minimum atomic E-state index is -0.638. The van der Waals surface area contributed by atoms with Crippen LogP contribution in [0.2, 0.25) is 0 Å². The van der Waals surface area contributed by atoms with Gasteiger partial charge in [0.25, 0.3) is 5.91 Å². The summed E-state index contributed by atoms with van der Waals surface area (Å²) in [5.74, 6) is -1.06. The molecule has 0 fully saturated rings. The lowest BCUT2D eigenvalue weighted by atomic mass is 9.86. The smallest absolute Gasteiger partial charge is 0.250 e. The van der Waals surface area contributed by atoms with Crippen LogP contribution >= 0.6 is 0 Å². The monoisotopic (exact) mass is 311 g/mol. The second-order valence-corrected chi connectivity index (χ2v) is 6.14. The van der Waals surface area contributed by atoms with E-state index in [1.807, 2.05) is 13.8 Å². The van der Waals surface area contributed by atoms with E-state index < -0.39 is 11.7 Å². The Hall–Kier alpha value is -2.08. The molecule has 2 radical (unpaired) electrons. The van der Waals surface area contributed by atoms with Crippen LogP contribution in [0.25, 0.3) is 16.5 Å². The number of aromatic nitrogens is 1. The molecule has 2 aromatic rings. The Morgan fingerprint density at radius 3 is 2.87 bits per heavy atom. The van der Waals surface area contributed by atoms with Crippen molar-refractivity contribution >= 4 is 30.4 Å². The number of carbonyl (C=O) groups is 1. The highest BCUT2D eigenvalue weighted by Gasteiger charge is 2.24.